The molecule has 0 spiro atoms. The van der Waals surface area contributed by atoms with Gasteiger partial charge in [0.2, 0.25) is 0 Å². The maximum absolute atomic E-state index is 11.6. The van der Waals surface area contributed by atoms with Gasteiger partial charge in [0.05, 0.1) is 12.1 Å². The fourth-order valence-corrected chi connectivity index (χ4v) is 2.03. The number of hydrogen-bond donors (Lipinski definition) is 2. The number of hydrogen-bond acceptors (Lipinski definition) is 4. The summed E-state index contributed by atoms with van der Waals surface area (Å²) in [6.45, 7) is 4.71. The van der Waals surface area contributed by atoms with E-state index < -0.39 is 0 Å². The van der Waals surface area contributed by atoms with Gasteiger partial charge in [0, 0.05) is 6.04 Å². The minimum absolute atomic E-state index is 0.0458. The van der Waals surface area contributed by atoms with Gasteiger partial charge < -0.3 is 10.3 Å². The summed E-state index contributed by atoms with van der Waals surface area (Å²) in [6, 6.07) is 2.25. The number of rotatable bonds is 3. The summed E-state index contributed by atoms with van der Waals surface area (Å²) in [4.78, 5) is 18.7. The van der Waals surface area contributed by atoms with Crippen molar-refractivity contribution in [1.82, 2.24) is 15.3 Å². The Morgan fingerprint density at radius 1 is 1.60 bits per heavy atom. The molecule has 15 heavy (non-hydrogen) atoms. The molecule has 2 aromatic rings. The quantitative estimate of drug-likeness (QED) is 0.828. The van der Waals surface area contributed by atoms with Gasteiger partial charge >= 0.3 is 0 Å². The molecule has 0 radical (unpaired) electrons. The van der Waals surface area contributed by atoms with Crippen LogP contribution in [0.15, 0.2) is 16.2 Å². The van der Waals surface area contributed by atoms with E-state index in [0.717, 1.165) is 5.52 Å². The van der Waals surface area contributed by atoms with Crippen LogP contribution in [0.2, 0.25) is 0 Å². The maximum Gasteiger partial charge on any atom is 0.268 e. The van der Waals surface area contributed by atoms with Crippen LogP contribution in [0.5, 0.6) is 0 Å². The van der Waals surface area contributed by atoms with Crippen LogP contribution in [0.1, 0.15) is 19.7 Å². The summed E-state index contributed by atoms with van der Waals surface area (Å²) < 4.78 is 0.697. The average molecular weight is 223 g/mol. The SMILES string of the molecule is CC(C)NCc1nc2ccsc2c(=O)[nH]1. The molecule has 2 aromatic heterocycles. The first-order valence-corrected chi connectivity index (χ1v) is 5.74. The van der Waals surface area contributed by atoms with Crippen LogP contribution in [-0.4, -0.2) is 16.0 Å². The van der Waals surface area contributed by atoms with E-state index in [2.05, 4.69) is 29.1 Å². The van der Waals surface area contributed by atoms with Crippen molar-refractivity contribution in [1.29, 1.82) is 0 Å². The predicted molar refractivity (Wildman–Crippen MR) is 62.2 cm³/mol. The summed E-state index contributed by atoms with van der Waals surface area (Å²) in [5, 5.41) is 5.10. The van der Waals surface area contributed by atoms with E-state index in [1.54, 1.807) is 0 Å². The van der Waals surface area contributed by atoms with Crippen molar-refractivity contribution in [2.75, 3.05) is 0 Å². The third-order valence-corrected chi connectivity index (χ3v) is 2.94. The molecule has 0 amide bonds. The van der Waals surface area contributed by atoms with Crippen molar-refractivity contribution in [3.05, 3.63) is 27.6 Å². The van der Waals surface area contributed by atoms with Crippen LogP contribution < -0.4 is 10.9 Å². The average Bonchev–Trinajstić information content (AvgIpc) is 2.63. The molecular formula is C10H13N3OS. The van der Waals surface area contributed by atoms with Crippen molar-refractivity contribution in [2.45, 2.75) is 26.4 Å². The zero-order valence-corrected chi connectivity index (χ0v) is 9.52. The molecule has 0 atom stereocenters. The van der Waals surface area contributed by atoms with E-state index in [0.29, 0.717) is 23.1 Å². The first-order valence-electron chi connectivity index (χ1n) is 4.86. The lowest BCUT2D eigenvalue weighted by Crippen LogP contribution is -2.24. The smallest absolute Gasteiger partial charge is 0.268 e. The molecular weight excluding hydrogens is 210 g/mol. The van der Waals surface area contributed by atoms with Gasteiger partial charge in [-0.15, -0.1) is 11.3 Å². The standard InChI is InChI=1S/C10H13N3OS/c1-6(2)11-5-8-12-7-3-4-15-9(7)10(14)13-8/h3-4,6,11H,5H2,1-2H3,(H,12,13,14). The molecule has 0 saturated carbocycles. The van der Waals surface area contributed by atoms with E-state index >= 15 is 0 Å². The number of aromatic amines is 1. The molecule has 0 aromatic carbocycles. The third-order valence-electron chi connectivity index (χ3n) is 2.04. The summed E-state index contributed by atoms with van der Waals surface area (Å²) in [7, 11) is 0. The molecule has 80 valence electrons. The van der Waals surface area contributed by atoms with Gasteiger partial charge in [-0.3, -0.25) is 4.79 Å². The fourth-order valence-electron chi connectivity index (χ4n) is 1.31. The highest BCUT2D eigenvalue weighted by atomic mass is 32.1. The number of H-pyrrole nitrogens is 1. The van der Waals surface area contributed by atoms with Crippen LogP contribution in [0.3, 0.4) is 0 Å². The van der Waals surface area contributed by atoms with Crippen LogP contribution in [0.25, 0.3) is 10.2 Å². The Balaban J connectivity index is 2.33. The largest absolute Gasteiger partial charge is 0.308 e. The van der Waals surface area contributed by atoms with E-state index in [9.17, 15) is 4.79 Å². The first kappa shape index (κ1) is 10.3. The third kappa shape index (κ3) is 2.24. The van der Waals surface area contributed by atoms with Crippen molar-refractivity contribution in [2.24, 2.45) is 0 Å². The Bertz CT molecular complexity index is 515. The van der Waals surface area contributed by atoms with Crippen LogP contribution >= 0.6 is 11.3 Å². The van der Waals surface area contributed by atoms with E-state index in [1.165, 1.54) is 11.3 Å². The molecule has 2 N–H and O–H groups in total. The summed E-state index contributed by atoms with van der Waals surface area (Å²) in [6.07, 6.45) is 0. The van der Waals surface area contributed by atoms with Gasteiger partial charge in [0.15, 0.2) is 0 Å². The minimum Gasteiger partial charge on any atom is -0.308 e. The van der Waals surface area contributed by atoms with Crippen molar-refractivity contribution in [3.63, 3.8) is 0 Å². The topological polar surface area (TPSA) is 57.8 Å². The van der Waals surface area contributed by atoms with E-state index in [1.807, 2.05) is 11.4 Å². The van der Waals surface area contributed by atoms with Crippen molar-refractivity contribution < 1.29 is 0 Å². The first-order chi connectivity index (χ1) is 7.16. The molecule has 0 bridgehead atoms. The zero-order valence-electron chi connectivity index (χ0n) is 8.70. The van der Waals surface area contributed by atoms with Crippen molar-refractivity contribution in [3.8, 4) is 0 Å². The summed E-state index contributed by atoms with van der Waals surface area (Å²) >= 11 is 1.42. The maximum atomic E-state index is 11.6. The van der Waals surface area contributed by atoms with Crippen LogP contribution in [-0.2, 0) is 6.54 Å². The fraction of sp³-hybridized carbons (Fsp3) is 0.400. The highest BCUT2D eigenvalue weighted by molar-refractivity contribution is 7.17. The highest BCUT2D eigenvalue weighted by Gasteiger charge is 2.04. The molecule has 0 saturated heterocycles. The van der Waals surface area contributed by atoms with Gasteiger partial charge in [-0.1, -0.05) is 13.8 Å². The number of nitrogens with one attached hydrogen (secondary N) is 2. The molecule has 0 unspecified atom stereocenters. The lowest BCUT2D eigenvalue weighted by molar-refractivity contribution is 0.573. The molecule has 4 nitrogen and oxygen atoms in total. The lowest BCUT2D eigenvalue weighted by atomic mass is 10.4. The number of nitrogens with zero attached hydrogens (tertiary/aromatic N) is 1. The van der Waals surface area contributed by atoms with Gasteiger partial charge in [-0.25, -0.2) is 4.98 Å². The summed E-state index contributed by atoms with van der Waals surface area (Å²) in [5.41, 5.74) is 0.736. The predicted octanol–water partition coefficient (Wildman–Crippen LogP) is 1.48. The molecule has 0 aliphatic rings. The molecule has 2 rings (SSSR count). The van der Waals surface area contributed by atoms with Crippen molar-refractivity contribution >= 4 is 21.6 Å². The lowest BCUT2D eigenvalue weighted by Gasteiger charge is -2.06. The second-order valence-electron chi connectivity index (χ2n) is 3.68. The Morgan fingerprint density at radius 3 is 3.13 bits per heavy atom. The number of fused-ring (bicyclic) bond motifs is 1. The van der Waals surface area contributed by atoms with Crippen LogP contribution in [0, 0.1) is 0 Å². The monoisotopic (exact) mass is 223 g/mol. The number of thiophene rings is 1. The second-order valence-corrected chi connectivity index (χ2v) is 4.60. The molecule has 5 heteroatoms. The Kier molecular flexibility index (Phi) is 2.83. The van der Waals surface area contributed by atoms with E-state index in [-0.39, 0.29) is 5.56 Å². The highest BCUT2D eigenvalue weighted by Crippen LogP contribution is 2.13. The van der Waals surface area contributed by atoms with Gasteiger partial charge in [-0.05, 0) is 11.4 Å². The minimum atomic E-state index is -0.0458. The molecule has 0 fully saturated rings. The molecule has 2 heterocycles. The molecule has 0 aliphatic carbocycles. The Hall–Kier alpha value is -1.20. The summed E-state index contributed by atoms with van der Waals surface area (Å²) in [5.74, 6) is 0.694. The number of aromatic nitrogens is 2. The van der Waals surface area contributed by atoms with Gasteiger partial charge in [-0.2, -0.15) is 0 Å². The second kappa shape index (κ2) is 4.12. The Morgan fingerprint density at radius 2 is 2.40 bits per heavy atom. The zero-order chi connectivity index (χ0) is 10.8. The van der Waals surface area contributed by atoms with Gasteiger partial charge in [0.25, 0.3) is 5.56 Å². The van der Waals surface area contributed by atoms with Gasteiger partial charge in [0.1, 0.15) is 10.5 Å². The normalized spacial score (nSPS) is 11.4. The Labute approximate surface area is 91.4 Å². The van der Waals surface area contributed by atoms with Crippen LogP contribution in [0.4, 0.5) is 0 Å². The van der Waals surface area contributed by atoms with E-state index in [4.69, 9.17) is 0 Å². The molecule has 0 aliphatic heterocycles.